The number of esters is 1. The van der Waals surface area contributed by atoms with E-state index < -0.39 is 0 Å². The maximum absolute atomic E-state index is 11.1. The second-order valence-corrected chi connectivity index (χ2v) is 6.50. The van der Waals surface area contributed by atoms with Crippen molar-refractivity contribution in [1.82, 2.24) is 4.98 Å². The van der Waals surface area contributed by atoms with E-state index in [1.165, 1.54) is 26.4 Å². The van der Waals surface area contributed by atoms with Crippen LogP contribution in [0.4, 0.5) is 5.13 Å². The number of hydrogen-bond acceptors (Lipinski definition) is 5. The van der Waals surface area contributed by atoms with Crippen LogP contribution >= 0.6 is 11.3 Å². The fourth-order valence-corrected chi connectivity index (χ4v) is 3.20. The maximum atomic E-state index is 11.1. The highest BCUT2D eigenvalue weighted by Crippen LogP contribution is 2.38. The van der Waals surface area contributed by atoms with Gasteiger partial charge in [-0.3, -0.25) is 4.79 Å². The van der Waals surface area contributed by atoms with Crippen molar-refractivity contribution >= 4 is 22.4 Å². The average molecular weight is 268 g/mol. The predicted molar refractivity (Wildman–Crippen MR) is 72.9 cm³/mol. The average Bonchev–Trinajstić information content (AvgIpc) is 2.86. The first kappa shape index (κ1) is 13.3. The molecule has 1 atom stereocenters. The summed E-state index contributed by atoms with van der Waals surface area (Å²) in [7, 11) is 1.40. The van der Waals surface area contributed by atoms with Gasteiger partial charge in [0.15, 0.2) is 5.13 Å². The van der Waals surface area contributed by atoms with Gasteiger partial charge in [0.2, 0.25) is 0 Å². The third-order valence-electron chi connectivity index (χ3n) is 3.40. The standard InChI is InChI=1S/C13H20N2O2S/c1-13(2)5-4-9(7-13)14-12-15-10(8-18-12)6-11(16)17-3/h8-9H,4-7H2,1-3H3,(H,14,15). The Morgan fingerprint density at radius 2 is 2.44 bits per heavy atom. The second kappa shape index (κ2) is 5.26. The molecule has 18 heavy (non-hydrogen) atoms. The van der Waals surface area contributed by atoms with Gasteiger partial charge in [0.1, 0.15) is 0 Å². The molecule has 0 saturated heterocycles. The molecule has 0 amide bonds. The molecule has 0 spiro atoms. The van der Waals surface area contributed by atoms with Gasteiger partial charge in [-0.2, -0.15) is 0 Å². The molecule has 4 nitrogen and oxygen atoms in total. The van der Waals surface area contributed by atoms with Crippen LogP contribution in [0.15, 0.2) is 5.38 Å². The van der Waals surface area contributed by atoms with Crippen LogP contribution in [0.2, 0.25) is 0 Å². The van der Waals surface area contributed by atoms with Crippen LogP contribution < -0.4 is 5.32 Å². The van der Waals surface area contributed by atoms with Gasteiger partial charge in [0, 0.05) is 11.4 Å². The number of nitrogens with zero attached hydrogens (tertiary/aromatic N) is 1. The van der Waals surface area contributed by atoms with Crippen LogP contribution in [-0.2, 0) is 16.0 Å². The van der Waals surface area contributed by atoms with Crippen molar-refractivity contribution < 1.29 is 9.53 Å². The van der Waals surface area contributed by atoms with E-state index in [-0.39, 0.29) is 12.4 Å². The molecule has 1 heterocycles. The van der Waals surface area contributed by atoms with Gasteiger partial charge in [0.05, 0.1) is 19.2 Å². The lowest BCUT2D eigenvalue weighted by Crippen LogP contribution is -2.17. The number of thiazole rings is 1. The lowest BCUT2D eigenvalue weighted by molar-refractivity contribution is -0.139. The number of hydrogen-bond donors (Lipinski definition) is 1. The molecule has 5 heteroatoms. The summed E-state index contributed by atoms with van der Waals surface area (Å²) in [5.41, 5.74) is 1.22. The first-order valence-corrected chi connectivity index (χ1v) is 7.14. The Morgan fingerprint density at radius 3 is 3.06 bits per heavy atom. The van der Waals surface area contributed by atoms with E-state index in [1.807, 2.05) is 5.38 Å². The van der Waals surface area contributed by atoms with Crippen LogP contribution in [0.5, 0.6) is 0 Å². The molecular formula is C13H20N2O2S. The molecule has 1 N–H and O–H groups in total. The number of aromatic nitrogens is 1. The number of nitrogens with one attached hydrogen (secondary N) is 1. The van der Waals surface area contributed by atoms with E-state index in [0.717, 1.165) is 10.8 Å². The van der Waals surface area contributed by atoms with E-state index in [0.29, 0.717) is 11.5 Å². The molecule has 0 radical (unpaired) electrons. The number of carbonyl (C=O) groups excluding carboxylic acids is 1. The zero-order valence-corrected chi connectivity index (χ0v) is 12.0. The fourth-order valence-electron chi connectivity index (χ4n) is 2.41. The molecule has 100 valence electrons. The fraction of sp³-hybridized carbons (Fsp3) is 0.692. The lowest BCUT2D eigenvalue weighted by atomic mass is 9.92. The third-order valence-corrected chi connectivity index (χ3v) is 4.22. The van der Waals surface area contributed by atoms with Gasteiger partial charge in [-0.1, -0.05) is 13.8 Å². The van der Waals surface area contributed by atoms with Crippen LogP contribution in [0.25, 0.3) is 0 Å². The molecule has 0 aromatic carbocycles. The van der Waals surface area contributed by atoms with Gasteiger partial charge in [-0.05, 0) is 24.7 Å². The molecule has 0 aliphatic heterocycles. The van der Waals surface area contributed by atoms with Gasteiger partial charge < -0.3 is 10.1 Å². The van der Waals surface area contributed by atoms with E-state index in [2.05, 4.69) is 28.9 Å². The highest BCUT2D eigenvalue weighted by atomic mass is 32.1. The van der Waals surface area contributed by atoms with Crippen molar-refractivity contribution in [2.45, 2.75) is 45.6 Å². The van der Waals surface area contributed by atoms with E-state index in [4.69, 9.17) is 0 Å². The molecule has 1 aromatic heterocycles. The summed E-state index contributed by atoms with van der Waals surface area (Å²) < 4.78 is 4.63. The topological polar surface area (TPSA) is 51.2 Å². The maximum Gasteiger partial charge on any atom is 0.311 e. The third kappa shape index (κ3) is 3.45. The van der Waals surface area contributed by atoms with Crippen molar-refractivity contribution in [1.29, 1.82) is 0 Å². The zero-order chi connectivity index (χ0) is 13.2. The molecule has 1 aliphatic rings. The van der Waals surface area contributed by atoms with Crippen LogP contribution in [0.3, 0.4) is 0 Å². The Labute approximate surface area is 112 Å². The van der Waals surface area contributed by atoms with Gasteiger partial charge in [-0.15, -0.1) is 11.3 Å². The van der Waals surface area contributed by atoms with Crippen molar-refractivity contribution in [3.63, 3.8) is 0 Å². The summed E-state index contributed by atoms with van der Waals surface area (Å²) in [6, 6.07) is 0.511. The summed E-state index contributed by atoms with van der Waals surface area (Å²) in [4.78, 5) is 15.6. The molecule has 1 fully saturated rings. The molecule has 1 unspecified atom stereocenters. The molecule has 0 bridgehead atoms. The quantitative estimate of drug-likeness (QED) is 0.853. The van der Waals surface area contributed by atoms with E-state index >= 15 is 0 Å². The number of anilines is 1. The summed E-state index contributed by atoms with van der Waals surface area (Å²) in [6.07, 6.45) is 3.88. The normalized spacial score (nSPS) is 21.8. The monoisotopic (exact) mass is 268 g/mol. The minimum absolute atomic E-state index is 0.242. The Bertz CT molecular complexity index is 428. The first-order valence-electron chi connectivity index (χ1n) is 6.26. The summed E-state index contributed by atoms with van der Waals surface area (Å²) in [6.45, 7) is 4.61. The number of carbonyl (C=O) groups is 1. The minimum atomic E-state index is -0.242. The Kier molecular flexibility index (Phi) is 3.90. The van der Waals surface area contributed by atoms with Gasteiger partial charge in [0.25, 0.3) is 0 Å². The largest absolute Gasteiger partial charge is 0.469 e. The van der Waals surface area contributed by atoms with Crippen LogP contribution in [0.1, 0.15) is 38.8 Å². The molecule has 2 rings (SSSR count). The summed E-state index contributed by atoms with van der Waals surface area (Å²) in [5.74, 6) is -0.242. The number of methoxy groups -OCH3 is 1. The van der Waals surface area contributed by atoms with Crippen molar-refractivity contribution in [3.05, 3.63) is 11.1 Å². The zero-order valence-electron chi connectivity index (χ0n) is 11.2. The smallest absolute Gasteiger partial charge is 0.311 e. The Hall–Kier alpha value is -1.10. The van der Waals surface area contributed by atoms with E-state index in [9.17, 15) is 4.79 Å². The molecular weight excluding hydrogens is 248 g/mol. The predicted octanol–water partition coefficient (Wildman–Crippen LogP) is 2.85. The van der Waals surface area contributed by atoms with Crippen molar-refractivity contribution in [2.24, 2.45) is 5.41 Å². The molecule has 1 saturated carbocycles. The molecule has 1 aliphatic carbocycles. The Morgan fingerprint density at radius 1 is 1.67 bits per heavy atom. The highest BCUT2D eigenvalue weighted by Gasteiger charge is 2.31. The number of ether oxygens (including phenoxy) is 1. The lowest BCUT2D eigenvalue weighted by Gasteiger charge is -2.17. The summed E-state index contributed by atoms with van der Waals surface area (Å²) in [5, 5.41) is 6.29. The van der Waals surface area contributed by atoms with Gasteiger partial charge in [-0.25, -0.2) is 4.98 Å². The SMILES string of the molecule is COC(=O)Cc1csc(NC2CCC(C)(C)C2)n1. The Balaban J connectivity index is 1.89. The second-order valence-electron chi connectivity index (χ2n) is 5.65. The minimum Gasteiger partial charge on any atom is -0.469 e. The van der Waals surface area contributed by atoms with Crippen LogP contribution in [-0.4, -0.2) is 24.1 Å². The van der Waals surface area contributed by atoms with Gasteiger partial charge >= 0.3 is 5.97 Å². The highest BCUT2D eigenvalue weighted by molar-refractivity contribution is 7.13. The molecule has 1 aromatic rings. The van der Waals surface area contributed by atoms with Crippen molar-refractivity contribution in [3.8, 4) is 0 Å². The summed E-state index contributed by atoms with van der Waals surface area (Å²) >= 11 is 1.56. The number of rotatable bonds is 4. The van der Waals surface area contributed by atoms with E-state index in [1.54, 1.807) is 11.3 Å². The van der Waals surface area contributed by atoms with Crippen molar-refractivity contribution in [2.75, 3.05) is 12.4 Å². The first-order chi connectivity index (χ1) is 8.48. The van der Waals surface area contributed by atoms with Crippen LogP contribution in [0, 0.1) is 5.41 Å².